The van der Waals surface area contributed by atoms with Crippen LogP contribution in [0.5, 0.6) is 0 Å². The molecule has 0 bridgehead atoms. The lowest BCUT2D eigenvalue weighted by Gasteiger charge is -2.18. The zero-order chi connectivity index (χ0) is 12.9. The van der Waals surface area contributed by atoms with Gasteiger partial charge in [0.05, 0.1) is 13.5 Å². The van der Waals surface area contributed by atoms with Crippen molar-refractivity contribution in [3.8, 4) is 0 Å². The number of carbonyl (C=O) groups is 1. The lowest BCUT2D eigenvalue weighted by Crippen LogP contribution is -2.10. The number of esters is 1. The van der Waals surface area contributed by atoms with E-state index < -0.39 is 0 Å². The number of ether oxygens (including phenoxy) is 1. The normalized spacial score (nSPS) is 11.3. The Kier molecular flexibility index (Phi) is 5.06. The SMILES string of the molecule is COC(=O)Cc1ccccc1CSC(C)(C)C. The molecule has 0 amide bonds. The first kappa shape index (κ1) is 14.1. The van der Waals surface area contributed by atoms with Gasteiger partial charge in [-0.2, -0.15) is 11.8 Å². The fraction of sp³-hybridized carbons (Fsp3) is 0.500. The predicted molar refractivity (Wildman–Crippen MR) is 73.2 cm³/mol. The molecule has 0 atom stereocenters. The van der Waals surface area contributed by atoms with Crippen LogP contribution in [0.1, 0.15) is 31.9 Å². The van der Waals surface area contributed by atoms with Crippen LogP contribution in [0.2, 0.25) is 0 Å². The average Bonchev–Trinajstić information content (AvgIpc) is 2.26. The van der Waals surface area contributed by atoms with Gasteiger partial charge in [-0.3, -0.25) is 4.79 Å². The fourth-order valence-electron chi connectivity index (χ4n) is 1.39. The third-order valence-electron chi connectivity index (χ3n) is 2.34. The zero-order valence-corrected chi connectivity index (χ0v) is 11.8. The Morgan fingerprint density at radius 3 is 2.35 bits per heavy atom. The quantitative estimate of drug-likeness (QED) is 0.768. The van der Waals surface area contributed by atoms with Gasteiger partial charge in [0.15, 0.2) is 0 Å². The largest absolute Gasteiger partial charge is 0.469 e. The van der Waals surface area contributed by atoms with E-state index in [9.17, 15) is 4.79 Å². The van der Waals surface area contributed by atoms with Gasteiger partial charge in [-0.25, -0.2) is 0 Å². The van der Waals surface area contributed by atoms with E-state index in [-0.39, 0.29) is 10.7 Å². The van der Waals surface area contributed by atoms with E-state index in [0.29, 0.717) is 6.42 Å². The lowest BCUT2D eigenvalue weighted by molar-refractivity contribution is -0.139. The lowest BCUT2D eigenvalue weighted by atomic mass is 10.1. The van der Waals surface area contributed by atoms with Crippen molar-refractivity contribution >= 4 is 17.7 Å². The van der Waals surface area contributed by atoms with Crippen LogP contribution in [0.15, 0.2) is 24.3 Å². The van der Waals surface area contributed by atoms with Gasteiger partial charge in [0.25, 0.3) is 0 Å². The van der Waals surface area contributed by atoms with Gasteiger partial charge >= 0.3 is 5.97 Å². The summed E-state index contributed by atoms with van der Waals surface area (Å²) in [5, 5.41) is 0. The van der Waals surface area contributed by atoms with E-state index in [1.165, 1.54) is 12.7 Å². The van der Waals surface area contributed by atoms with Gasteiger partial charge in [-0.05, 0) is 11.1 Å². The molecule has 0 fully saturated rings. The second kappa shape index (κ2) is 6.10. The van der Waals surface area contributed by atoms with Crippen molar-refractivity contribution in [1.29, 1.82) is 0 Å². The van der Waals surface area contributed by atoms with Crippen molar-refractivity contribution < 1.29 is 9.53 Å². The van der Waals surface area contributed by atoms with Gasteiger partial charge in [0.1, 0.15) is 0 Å². The Balaban J connectivity index is 2.74. The number of carbonyl (C=O) groups excluding carboxylic acids is 1. The van der Waals surface area contributed by atoms with Crippen molar-refractivity contribution in [2.75, 3.05) is 7.11 Å². The van der Waals surface area contributed by atoms with Crippen molar-refractivity contribution in [3.05, 3.63) is 35.4 Å². The molecule has 0 saturated carbocycles. The highest BCUT2D eigenvalue weighted by atomic mass is 32.2. The molecule has 0 N–H and O–H groups in total. The van der Waals surface area contributed by atoms with Gasteiger partial charge < -0.3 is 4.74 Å². The predicted octanol–water partition coefficient (Wildman–Crippen LogP) is 3.43. The second-order valence-corrected chi connectivity index (χ2v) is 6.72. The molecule has 0 unspecified atom stereocenters. The van der Waals surface area contributed by atoms with Crippen molar-refractivity contribution in [2.24, 2.45) is 0 Å². The molecule has 0 heterocycles. The van der Waals surface area contributed by atoms with Gasteiger partial charge in [0, 0.05) is 10.5 Å². The Labute approximate surface area is 108 Å². The summed E-state index contributed by atoms with van der Waals surface area (Å²) in [5.74, 6) is 0.745. The summed E-state index contributed by atoms with van der Waals surface area (Å²) in [5.41, 5.74) is 2.29. The molecular formula is C14H20O2S. The standard InChI is InChI=1S/C14H20O2S/c1-14(2,3)17-10-12-8-6-5-7-11(12)9-13(15)16-4/h5-8H,9-10H2,1-4H3. The fourth-order valence-corrected chi connectivity index (χ4v) is 2.26. The second-order valence-electron chi connectivity index (χ2n) is 4.92. The first-order valence-electron chi connectivity index (χ1n) is 5.70. The summed E-state index contributed by atoms with van der Waals surface area (Å²) in [6.07, 6.45) is 0.359. The Bertz CT molecular complexity index is 380. The molecule has 0 radical (unpaired) electrons. The summed E-state index contributed by atoms with van der Waals surface area (Å²) < 4.78 is 4.94. The molecule has 3 heteroatoms. The molecule has 0 aliphatic heterocycles. The molecule has 1 rings (SSSR count). The van der Waals surface area contributed by atoms with E-state index in [0.717, 1.165) is 11.3 Å². The first-order chi connectivity index (χ1) is 7.92. The summed E-state index contributed by atoms with van der Waals surface area (Å²) in [7, 11) is 1.43. The van der Waals surface area contributed by atoms with Crippen LogP contribution in [-0.2, 0) is 21.7 Å². The summed E-state index contributed by atoms with van der Waals surface area (Å²) in [6.45, 7) is 6.59. The number of thioether (sulfide) groups is 1. The van der Waals surface area contributed by atoms with Crippen molar-refractivity contribution in [2.45, 2.75) is 37.7 Å². The molecule has 0 saturated heterocycles. The van der Waals surface area contributed by atoms with Crippen LogP contribution < -0.4 is 0 Å². The van der Waals surface area contributed by atoms with Crippen LogP contribution in [0, 0.1) is 0 Å². The third kappa shape index (κ3) is 5.26. The highest BCUT2D eigenvalue weighted by molar-refractivity contribution is 7.99. The highest BCUT2D eigenvalue weighted by Crippen LogP contribution is 2.28. The zero-order valence-electron chi connectivity index (χ0n) is 10.9. The molecule has 0 aliphatic carbocycles. The van der Waals surface area contributed by atoms with E-state index in [4.69, 9.17) is 4.74 Å². The average molecular weight is 252 g/mol. The molecule has 17 heavy (non-hydrogen) atoms. The molecular weight excluding hydrogens is 232 g/mol. The van der Waals surface area contributed by atoms with Crippen LogP contribution in [-0.4, -0.2) is 17.8 Å². The topological polar surface area (TPSA) is 26.3 Å². The number of benzene rings is 1. The molecule has 1 aromatic rings. The molecule has 0 spiro atoms. The van der Waals surface area contributed by atoms with Gasteiger partial charge in [-0.15, -0.1) is 0 Å². The van der Waals surface area contributed by atoms with E-state index in [1.54, 1.807) is 0 Å². The minimum Gasteiger partial charge on any atom is -0.469 e. The Hall–Kier alpha value is -0.960. The number of hydrogen-bond acceptors (Lipinski definition) is 3. The van der Waals surface area contributed by atoms with Crippen LogP contribution in [0.3, 0.4) is 0 Å². The maximum atomic E-state index is 11.3. The third-order valence-corrected chi connectivity index (χ3v) is 3.66. The van der Waals surface area contributed by atoms with E-state index in [1.807, 2.05) is 30.0 Å². The summed E-state index contributed by atoms with van der Waals surface area (Å²) in [4.78, 5) is 11.3. The first-order valence-corrected chi connectivity index (χ1v) is 6.68. The van der Waals surface area contributed by atoms with Crippen LogP contribution in [0.4, 0.5) is 0 Å². The Morgan fingerprint density at radius 1 is 1.24 bits per heavy atom. The molecule has 1 aromatic carbocycles. The Morgan fingerprint density at radius 2 is 1.82 bits per heavy atom. The van der Waals surface area contributed by atoms with E-state index >= 15 is 0 Å². The molecule has 0 aromatic heterocycles. The minimum atomic E-state index is -0.182. The van der Waals surface area contributed by atoms with Crippen molar-refractivity contribution in [3.63, 3.8) is 0 Å². The van der Waals surface area contributed by atoms with Gasteiger partial charge in [-0.1, -0.05) is 45.0 Å². The minimum absolute atomic E-state index is 0.182. The van der Waals surface area contributed by atoms with Gasteiger partial charge in [0.2, 0.25) is 0 Å². The number of hydrogen-bond donors (Lipinski definition) is 0. The number of rotatable bonds is 4. The monoisotopic (exact) mass is 252 g/mol. The maximum Gasteiger partial charge on any atom is 0.309 e. The van der Waals surface area contributed by atoms with Crippen LogP contribution in [0.25, 0.3) is 0 Å². The number of methoxy groups -OCH3 is 1. The summed E-state index contributed by atoms with van der Waals surface area (Å²) in [6, 6.07) is 8.05. The molecule has 94 valence electrons. The molecule has 0 aliphatic rings. The highest BCUT2D eigenvalue weighted by Gasteiger charge is 2.13. The molecule has 2 nitrogen and oxygen atoms in total. The van der Waals surface area contributed by atoms with Crippen molar-refractivity contribution in [1.82, 2.24) is 0 Å². The maximum absolute atomic E-state index is 11.3. The van der Waals surface area contributed by atoms with Crippen LogP contribution >= 0.6 is 11.8 Å². The van der Waals surface area contributed by atoms with E-state index in [2.05, 4.69) is 26.8 Å². The summed E-state index contributed by atoms with van der Waals surface area (Å²) >= 11 is 1.88. The smallest absolute Gasteiger partial charge is 0.309 e.